The third-order valence-corrected chi connectivity index (χ3v) is 7.60. The number of esters is 2. The predicted octanol–water partition coefficient (Wildman–Crippen LogP) is 3.82. The zero-order valence-electron chi connectivity index (χ0n) is 20.1. The van der Waals surface area contributed by atoms with Gasteiger partial charge in [-0.15, -0.1) is 0 Å². The van der Waals surface area contributed by atoms with E-state index in [-0.39, 0.29) is 22.6 Å². The van der Waals surface area contributed by atoms with E-state index in [9.17, 15) is 26.4 Å². The summed E-state index contributed by atoms with van der Waals surface area (Å²) in [5, 5.41) is 0. The molecule has 0 saturated carbocycles. The maximum atomic E-state index is 12.7. The van der Waals surface area contributed by atoms with Crippen LogP contribution in [-0.2, 0) is 42.9 Å². The van der Waals surface area contributed by atoms with Gasteiger partial charge in [-0.25, -0.2) is 9.59 Å². The quantitative estimate of drug-likeness (QED) is 0.230. The SMILES string of the molecule is CCCC(OS(=O)(=O)c1ccc(C)cc1)C(=O)OC(=O)C(CCC)OS(=O)(=O)c1ccc(C)cc1. The van der Waals surface area contributed by atoms with Gasteiger partial charge < -0.3 is 4.74 Å². The minimum Gasteiger partial charge on any atom is -0.389 e. The van der Waals surface area contributed by atoms with E-state index in [1.165, 1.54) is 24.3 Å². The van der Waals surface area contributed by atoms with Gasteiger partial charge in [0.2, 0.25) is 0 Å². The molecule has 0 radical (unpaired) electrons. The van der Waals surface area contributed by atoms with Crippen LogP contribution in [0.5, 0.6) is 0 Å². The fourth-order valence-corrected chi connectivity index (χ4v) is 5.11. The first-order chi connectivity index (χ1) is 16.4. The molecular weight excluding hydrogens is 496 g/mol. The lowest BCUT2D eigenvalue weighted by Gasteiger charge is -2.18. The molecule has 2 unspecified atom stereocenters. The van der Waals surface area contributed by atoms with Gasteiger partial charge in [-0.05, 0) is 51.0 Å². The van der Waals surface area contributed by atoms with Crippen LogP contribution in [0, 0.1) is 13.8 Å². The van der Waals surface area contributed by atoms with Crippen LogP contribution < -0.4 is 0 Å². The van der Waals surface area contributed by atoms with E-state index in [0.717, 1.165) is 11.1 Å². The summed E-state index contributed by atoms with van der Waals surface area (Å²) in [6.07, 6.45) is -2.56. The molecule has 11 heteroatoms. The van der Waals surface area contributed by atoms with Gasteiger partial charge in [0, 0.05) is 0 Å². The molecule has 0 spiro atoms. The molecule has 0 N–H and O–H groups in total. The van der Waals surface area contributed by atoms with Gasteiger partial charge in [0.15, 0.2) is 12.2 Å². The highest BCUT2D eigenvalue weighted by Gasteiger charge is 2.34. The molecule has 0 aliphatic heterocycles. The maximum absolute atomic E-state index is 12.7. The highest BCUT2D eigenvalue weighted by molar-refractivity contribution is 7.87. The third-order valence-electron chi connectivity index (χ3n) is 4.93. The molecule has 0 bridgehead atoms. The Bertz CT molecular complexity index is 1120. The van der Waals surface area contributed by atoms with E-state index >= 15 is 0 Å². The van der Waals surface area contributed by atoms with Gasteiger partial charge in [0.25, 0.3) is 20.2 Å². The highest BCUT2D eigenvalue weighted by Crippen LogP contribution is 2.21. The Hall–Kier alpha value is -2.60. The summed E-state index contributed by atoms with van der Waals surface area (Å²) >= 11 is 0. The summed E-state index contributed by atoms with van der Waals surface area (Å²) in [5.41, 5.74) is 1.67. The lowest BCUT2D eigenvalue weighted by molar-refractivity contribution is -0.169. The van der Waals surface area contributed by atoms with Crippen molar-refractivity contribution >= 4 is 32.2 Å². The summed E-state index contributed by atoms with van der Waals surface area (Å²) in [6.45, 7) is 6.96. The normalized spacial score (nSPS) is 13.7. The number of aryl methyl sites for hydroxylation is 2. The Morgan fingerprint density at radius 2 is 0.971 bits per heavy atom. The highest BCUT2D eigenvalue weighted by atomic mass is 32.2. The summed E-state index contributed by atoms with van der Waals surface area (Å²) in [4.78, 5) is 25.0. The number of hydrogen-bond acceptors (Lipinski definition) is 9. The first-order valence-corrected chi connectivity index (χ1v) is 14.0. The largest absolute Gasteiger partial charge is 0.389 e. The van der Waals surface area contributed by atoms with Crippen LogP contribution in [-0.4, -0.2) is 41.0 Å². The van der Waals surface area contributed by atoms with Gasteiger partial charge in [-0.3, -0.25) is 8.37 Å². The second-order valence-electron chi connectivity index (χ2n) is 8.02. The number of carbonyl (C=O) groups is 2. The Morgan fingerprint density at radius 3 is 1.26 bits per heavy atom. The number of ether oxygens (including phenoxy) is 1. The van der Waals surface area contributed by atoms with Crippen molar-refractivity contribution in [1.82, 2.24) is 0 Å². The molecule has 2 aromatic rings. The minimum absolute atomic E-state index is 0.0435. The smallest absolute Gasteiger partial charge is 0.344 e. The molecule has 0 saturated heterocycles. The van der Waals surface area contributed by atoms with Gasteiger partial charge in [-0.2, -0.15) is 16.8 Å². The number of rotatable bonds is 12. The fraction of sp³-hybridized carbons (Fsp3) is 0.417. The first kappa shape index (κ1) is 28.6. The summed E-state index contributed by atoms with van der Waals surface area (Å²) in [5.74, 6) is -2.49. The molecule has 0 aliphatic rings. The van der Waals surface area contributed by atoms with Gasteiger partial charge in [-0.1, -0.05) is 62.1 Å². The van der Waals surface area contributed by atoms with Crippen LogP contribution in [0.15, 0.2) is 58.3 Å². The van der Waals surface area contributed by atoms with Gasteiger partial charge >= 0.3 is 11.9 Å². The Kier molecular flexibility index (Phi) is 10.1. The number of hydrogen-bond donors (Lipinski definition) is 0. The fourth-order valence-electron chi connectivity index (χ4n) is 2.99. The summed E-state index contributed by atoms with van der Waals surface area (Å²) in [7, 11) is -8.63. The van der Waals surface area contributed by atoms with Crippen molar-refractivity contribution < 1.29 is 39.5 Å². The first-order valence-electron chi connectivity index (χ1n) is 11.1. The summed E-state index contributed by atoms with van der Waals surface area (Å²) < 4.78 is 65.4. The standard InChI is InChI=1S/C24H30O9S2/c1-5-7-21(32-34(27,28)19-13-9-17(3)10-14-19)23(25)31-24(26)22(8-6-2)33-35(29,30)20-15-11-18(4)12-16-20/h9-16,21-22H,5-8H2,1-4H3. The van der Waals surface area contributed by atoms with Crippen LogP contribution in [0.25, 0.3) is 0 Å². The van der Waals surface area contributed by atoms with Crippen LogP contribution in [0.2, 0.25) is 0 Å². The number of benzene rings is 2. The predicted molar refractivity (Wildman–Crippen MR) is 127 cm³/mol. The Morgan fingerprint density at radius 1 is 0.657 bits per heavy atom. The van der Waals surface area contributed by atoms with E-state index in [1.807, 2.05) is 0 Å². The second kappa shape index (κ2) is 12.4. The van der Waals surface area contributed by atoms with Crippen LogP contribution in [0.3, 0.4) is 0 Å². The van der Waals surface area contributed by atoms with Gasteiger partial charge in [0.1, 0.15) is 0 Å². The molecule has 35 heavy (non-hydrogen) atoms. The van der Waals surface area contributed by atoms with E-state index in [4.69, 9.17) is 13.1 Å². The number of carbonyl (C=O) groups excluding carboxylic acids is 2. The average Bonchev–Trinajstić information content (AvgIpc) is 2.78. The molecule has 9 nitrogen and oxygen atoms in total. The van der Waals surface area contributed by atoms with E-state index in [1.54, 1.807) is 52.0 Å². The minimum atomic E-state index is -4.32. The summed E-state index contributed by atoms with van der Waals surface area (Å²) in [6, 6.07) is 11.7. The zero-order valence-corrected chi connectivity index (χ0v) is 21.7. The van der Waals surface area contributed by atoms with Crippen molar-refractivity contribution in [3.05, 3.63) is 59.7 Å². The van der Waals surface area contributed by atoms with Crippen molar-refractivity contribution in [2.24, 2.45) is 0 Å². The lowest BCUT2D eigenvalue weighted by Crippen LogP contribution is -2.36. The molecule has 0 amide bonds. The van der Waals surface area contributed by atoms with E-state index in [0.29, 0.717) is 12.8 Å². The van der Waals surface area contributed by atoms with Crippen molar-refractivity contribution in [2.45, 2.75) is 75.4 Å². The van der Waals surface area contributed by atoms with Crippen molar-refractivity contribution in [1.29, 1.82) is 0 Å². The molecule has 2 atom stereocenters. The van der Waals surface area contributed by atoms with E-state index < -0.39 is 44.4 Å². The lowest BCUT2D eigenvalue weighted by atomic mass is 10.2. The topological polar surface area (TPSA) is 130 Å². The van der Waals surface area contributed by atoms with Crippen molar-refractivity contribution in [3.63, 3.8) is 0 Å². The monoisotopic (exact) mass is 526 g/mol. The van der Waals surface area contributed by atoms with Crippen LogP contribution in [0.1, 0.15) is 50.7 Å². The van der Waals surface area contributed by atoms with Crippen LogP contribution >= 0.6 is 0 Å². The molecule has 2 rings (SSSR count). The maximum Gasteiger partial charge on any atom is 0.344 e. The molecule has 2 aromatic carbocycles. The Balaban J connectivity index is 2.17. The second-order valence-corrected chi connectivity index (χ2v) is 11.2. The molecular formula is C24H30O9S2. The Labute approximate surface area is 206 Å². The molecule has 192 valence electrons. The molecule has 0 heterocycles. The molecule has 0 aliphatic carbocycles. The van der Waals surface area contributed by atoms with Crippen molar-refractivity contribution in [3.8, 4) is 0 Å². The van der Waals surface area contributed by atoms with Crippen LogP contribution in [0.4, 0.5) is 0 Å². The van der Waals surface area contributed by atoms with E-state index in [2.05, 4.69) is 0 Å². The molecule has 0 fully saturated rings. The average molecular weight is 527 g/mol. The zero-order chi connectivity index (χ0) is 26.2. The van der Waals surface area contributed by atoms with Crippen molar-refractivity contribution in [2.75, 3.05) is 0 Å². The van der Waals surface area contributed by atoms with Gasteiger partial charge in [0.05, 0.1) is 9.79 Å². The third kappa shape index (κ3) is 8.24. The molecule has 0 aromatic heterocycles.